The van der Waals surface area contributed by atoms with Gasteiger partial charge in [-0.15, -0.1) is 0 Å². The molecule has 18 heavy (non-hydrogen) atoms. The van der Waals surface area contributed by atoms with Crippen LogP contribution in [-0.2, 0) is 6.54 Å². The maximum Gasteiger partial charge on any atom is 0.194 e. The van der Waals surface area contributed by atoms with Gasteiger partial charge in [0.15, 0.2) is 5.96 Å². The van der Waals surface area contributed by atoms with Crippen molar-refractivity contribution in [2.24, 2.45) is 4.99 Å². The molecule has 0 saturated carbocycles. The molecule has 1 aliphatic heterocycles. The highest BCUT2D eigenvalue weighted by molar-refractivity contribution is 5.83. The van der Waals surface area contributed by atoms with Crippen LogP contribution in [0.1, 0.15) is 11.3 Å². The zero-order valence-corrected chi connectivity index (χ0v) is 10.7. The minimum atomic E-state index is 0.684. The van der Waals surface area contributed by atoms with Crippen molar-refractivity contribution in [1.82, 2.24) is 10.2 Å². The number of benzene rings is 1. The predicted molar refractivity (Wildman–Crippen MR) is 72.7 cm³/mol. The van der Waals surface area contributed by atoms with Crippen molar-refractivity contribution in [1.29, 1.82) is 0 Å². The van der Waals surface area contributed by atoms with E-state index in [1.54, 1.807) is 0 Å². The number of aliphatic imine (C=N–C) groups is 1. The summed E-state index contributed by atoms with van der Waals surface area (Å²) >= 11 is 0. The highest BCUT2D eigenvalue weighted by atomic mass is 16.3. The Labute approximate surface area is 106 Å². The Hall–Kier alpha value is -1.97. The minimum Gasteiger partial charge on any atom is -0.459 e. The molecule has 3 rings (SSSR count). The maximum atomic E-state index is 5.86. The molecule has 0 fully saturated rings. The van der Waals surface area contributed by atoms with E-state index in [-0.39, 0.29) is 0 Å². The van der Waals surface area contributed by atoms with Crippen LogP contribution in [0, 0.1) is 6.92 Å². The number of nitrogens with zero attached hydrogens (tertiary/aromatic N) is 2. The van der Waals surface area contributed by atoms with Gasteiger partial charge in [-0.2, -0.15) is 0 Å². The van der Waals surface area contributed by atoms with Crippen LogP contribution in [0.25, 0.3) is 11.0 Å². The number of para-hydroxylation sites is 1. The largest absolute Gasteiger partial charge is 0.459 e. The van der Waals surface area contributed by atoms with E-state index in [4.69, 9.17) is 4.42 Å². The maximum absolute atomic E-state index is 5.86. The molecule has 1 N–H and O–H groups in total. The number of guanidine groups is 1. The molecule has 0 spiro atoms. The van der Waals surface area contributed by atoms with Crippen molar-refractivity contribution in [3.05, 3.63) is 35.6 Å². The van der Waals surface area contributed by atoms with E-state index in [2.05, 4.69) is 28.2 Å². The third-order valence-corrected chi connectivity index (χ3v) is 3.41. The third kappa shape index (κ3) is 1.83. The summed E-state index contributed by atoms with van der Waals surface area (Å²) < 4.78 is 5.86. The smallest absolute Gasteiger partial charge is 0.194 e. The number of hydrogen-bond donors (Lipinski definition) is 1. The molecule has 4 nitrogen and oxygen atoms in total. The van der Waals surface area contributed by atoms with Crippen molar-refractivity contribution < 1.29 is 4.42 Å². The standard InChI is InChI=1S/C14H17N3O/c1-10-11-5-3-4-6-12(11)18-13(10)9-16-14-15-7-8-17(14)2/h3-6H,7-9H2,1-2H3,(H,15,16). The average molecular weight is 243 g/mol. The topological polar surface area (TPSA) is 40.8 Å². The van der Waals surface area contributed by atoms with Crippen LogP contribution in [-0.4, -0.2) is 31.0 Å². The summed E-state index contributed by atoms with van der Waals surface area (Å²) in [4.78, 5) is 6.53. The van der Waals surface area contributed by atoms with E-state index in [0.29, 0.717) is 6.54 Å². The molecule has 1 aliphatic rings. The van der Waals surface area contributed by atoms with Crippen LogP contribution >= 0.6 is 0 Å². The highest BCUT2D eigenvalue weighted by Crippen LogP contribution is 2.24. The molecule has 0 aliphatic carbocycles. The Morgan fingerprint density at radius 3 is 2.94 bits per heavy atom. The summed E-state index contributed by atoms with van der Waals surface area (Å²) in [6.45, 7) is 4.64. The average Bonchev–Trinajstić information content (AvgIpc) is 2.92. The number of likely N-dealkylation sites (N-methyl/N-ethyl adjacent to an activating group) is 1. The summed E-state index contributed by atoms with van der Waals surface area (Å²) in [5.74, 6) is 1.94. The van der Waals surface area contributed by atoms with Crippen molar-refractivity contribution in [2.45, 2.75) is 13.5 Å². The van der Waals surface area contributed by atoms with Gasteiger partial charge in [0, 0.05) is 24.5 Å². The Morgan fingerprint density at radius 1 is 1.39 bits per heavy atom. The van der Waals surface area contributed by atoms with Gasteiger partial charge in [0.05, 0.1) is 13.1 Å². The molecule has 1 aromatic carbocycles. The van der Waals surface area contributed by atoms with Crippen LogP contribution in [0.5, 0.6) is 0 Å². The summed E-state index contributed by atoms with van der Waals surface area (Å²) in [5.41, 5.74) is 2.16. The van der Waals surface area contributed by atoms with Crippen LogP contribution in [0.2, 0.25) is 0 Å². The van der Waals surface area contributed by atoms with Gasteiger partial charge in [-0.3, -0.25) is 4.99 Å². The van der Waals surface area contributed by atoms with Gasteiger partial charge < -0.3 is 14.6 Å². The van der Waals surface area contributed by atoms with Gasteiger partial charge >= 0.3 is 0 Å². The first kappa shape index (κ1) is 11.1. The van der Waals surface area contributed by atoms with Crippen molar-refractivity contribution >= 4 is 16.9 Å². The van der Waals surface area contributed by atoms with E-state index in [1.165, 1.54) is 10.9 Å². The van der Waals surface area contributed by atoms with Gasteiger partial charge in [0.2, 0.25) is 0 Å². The first-order chi connectivity index (χ1) is 8.75. The quantitative estimate of drug-likeness (QED) is 0.878. The number of furan rings is 1. The number of nitrogens with one attached hydrogen (secondary N) is 1. The number of hydrogen-bond acceptors (Lipinski definition) is 4. The lowest BCUT2D eigenvalue weighted by molar-refractivity contribution is 0.506. The first-order valence-corrected chi connectivity index (χ1v) is 6.22. The second kappa shape index (κ2) is 4.37. The van der Waals surface area contributed by atoms with E-state index in [9.17, 15) is 0 Å². The van der Waals surface area contributed by atoms with E-state index in [1.807, 2.05) is 25.2 Å². The molecular weight excluding hydrogens is 226 g/mol. The van der Waals surface area contributed by atoms with Crippen molar-refractivity contribution in [3.63, 3.8) is 0 Å². The van der Waals surface area contributed by atoms with Gasteiger partial charge in [-0.25, -0.2) is 0 Å². The zero-order chi connectivity index (χ0) is 12.5. The molecule has 0 radical (unpaired) electrons. The lowest BCUT2D eigenvalue weighted by Gasteiger charge is -2.14. The molecule has 1 aromatic heterocycles. The fourth-order valence-electron chi connectivity index (χ4n) is 2.28. The van der Waals surface area contributed by atoms with Gasteiger partial charge in [-0.05, 0) is 13.0 Å². The van der Waals surface area contributed by atoms with Crippen LogP contribution in [0.3, 0.4) is 0 Å². The number of rotatable bonds is 2. The zero-order valence-electron chi connectivity index (χ0n) is 10.7. The Bertz CT molecular complexity index is 600. The highest BCUT2D eigenvalue weighted by Gasteiger charge is 2.14. The van der Waals surface area contributed by atoms with Gasteiger partial charge in [0.25, 0.3) is 0 Å². The van der Waals surface area contributed by atoms with Gasteiger partial charge in [0.1, 0.15) is 11.3 Å². The van der Waals surface area contributed by atoms with E-state index >= 15 is 0 Å². The van der Waals surface area contributed by atoms with E-state index in [0.717, 1.165) is 30.4 Å². The molecule has 94 valence electrons. The van der Waals surface area contributed by atoms with Gasteiger partial charge in [-0.1, -0.05) is 18.2 Å². The Morgan fingerprint density at radius 2 is 2.22 bits per heavy atom. The number of fused-ring (bicyclic) bond motifs is 1. The Kier molecular flexibility index (Phi) is 2.70. The summed E-state index contributed by atoms with van der Waals surface area (Å²) in [6, 6.07) is 8.14. The monoisotopic (exact) mass is 243 g/mol. The molecular formula is C14H17N3O. The molecule has 2 aromatic rings. The third-order valence-electron chi connectivity index (χ3n) is 3.41. The first-order valence-electron chi connectivity index (χ1n) is 6.22. The molecule has 0 bridgehead atoms. The minimum absolute atomic E-state index is 0.684. The lowest BCUT2D eigenvalue weighted by atomic mass is 10.1. The summed E-state index contributed by atoms with van der Waals surface area (Å²) in [6.07, 6.45) is 0. The fourth-order valence-corrected chi connectivity index (χ4v) is 2.28. The summed E-state index contributed by atoms with van der Waals surface area (Å²) in [7, 11) is 2.05. The second-order valence-electron chi connectivity index (χ2n) is 4.63. The molecule has 4 heteroatoms. The predicted octanol–water partition coefficient (Wildman–Crippen LogP) is 2.13. The normalized spacial score (nSPS) is 15.2. The molecule has 0 saturated heterocycles. The molecule has 0 amide bonds. The molecule has 2 heterocycles. The second-order valence-corrected chi connectivity index (χ2v) is 4.63. The lowest BCUT2D eigenvalue weighted by Crippen LogP contribution is -2.35. The van der Waals surface area contributed by atoms with Crippen molar-refractivity contribution in [2.75, 3.05) is 20.1 Å². The van der Waals surface area contributed by atoms with Crippen LogP contribution in [0.4, 0.5) is 0 Å². The van der Waals surface area contributed by atoms with Crippen LogP contribution < -0.4 is 5.32 Å². The van der Waals surface area contributed by atoms with Crippen molar-refractivity contribution in [3.8, 4) is 0 Å². The van der Waals surface area contributed by atoms with Crippen LogP contribution in [0.15, 0.2) is 33.7 Å². The molecule has 0 atom stereocenters. The SMILES string of the molecule is Cc1c(CNC2=NCCN2C)oc2ccccc12. The number of aryl methyl sites for hydroxylation is 1. The van der Waals surface area contributed by atoms with E-state index < -0.39 is 0 Å². The fraction of sp³-hybridized carbons (Fsp3) is 0.357. The summed E-state index contributed by atoms with van der Waals surface area (Å²) in [5, 5.41) is 4.52. The Balaban J connectivity index is 1.80. The molecule has 0 unspecified atom stereocenters.